The summed E-state index contributed by atoms with van der Waals surface area (Å²) in [6.45, 7) is -1.85. The van der Waals surface area contributed by atoms with Crippen molar-refractivity contribution in [3.05, 3.63) is 32.6 Å². The standard InChI is InChI=1S/C16H25N2O14P/c19-3-8-11(21)12(22)13(23)15(32-8)29-4-6-2-18(16(25)17-14(6)24)10-1-7(20)9(31-10)5-30-33(26,27)28/h2,7-13,15,19-23H,1,3-5H2,(H,17,24,25)(H2,26,27,28)/t7-,8+,9+,10+,11+,12-,13+,15+/m0/s1. The van der Waals surface area contributed by atoms with Crippen molar-refractivity contribution in [1.82, 2.24) is 9.55 Å². The van der Waals surface area contributed by atoms with Gasteiger partial charge in [-0.1, -0.05) is 0 Å². The SMILES string of the molecule is O=c1[nH]c(=O)n([C@H]2C[C@H](O)[C@@H](COP(=O)(O)O)O2)cc1CO[C@@H]1O[C@H](CO)[C@@H](O)[C@H](O)[C@H]1O. The highest BCUT2D eigenvalue weighted by molar-refractivity contribution is 7.46. The van der Waals surface area contributed by atoms with Crippen molar-refractivity contribution in [2.24, 2.45) is 0 Å². The summed E-state index contributed by atoms with van der Waals surface area (Å²) < 4.78 is 32.0. The Labute approximate surface area is 184 Å². The van der Waals surface area contributed by atoms with Crippen LogP contribution in [0.5, 0.6) is 0 Å². The van der Waals surface area contributed by atoms with E-state index >= 15 is 0 Å². The van der Waals surface area contributed by atoms with E-state index in [0.717, 1.165) is 10.8 Å². The van der Waals surface area contributed by atoms with E-state index in [1.54, 1.807) is 0 Å². The molecule has 0 spiro atoms. The van der Waals surface area contributed by atoms with E-state index in [4.69, 9.17) is 24.0 Å². The smallest absolute Gasteiger partial charge is 0.394 e. The van der Waals surface area contributed by atoms with Crippen molar-refractivity contribution in [2.45, 2.75) is 62.2 Å². The fourth-order valence-corrected chi connectivity index (χ4v) is 3.77. The first kappa shape index (κ1) is 26.1. The molecular weight excluding hydrogens is 475 g/mol. The first-order valence-electron chi connectivity index (χ1n) is 9.71. The minimum absolute atomic E-state index is 0.139. The zero-order valence-electron chi connectivity index (χ0n) is 16.9. The molecule has 3 rings (SSSR count). The van der Waals surface area contributed by atoms with Crippen LogP contribution in [0.1, 0.15) is 18.2 Å². The first-order chi connectivity index (χ1) is 15.4. The third-order valence-electron chi connectivity index (χ3n) is 5.21. The van der Waals surface area contributed by atoms with E-state index in [0.29, 0.717) is 0 Å². The maximum atomic E-state index is 12.2. The summed E-state index contributed by atoms with van der Waals surface area (Å²) in [6.07, 6.45) is -10.3. The summed E-state index contributed by atoms with van der Waals surface area (Å²) in [5.41, 5.74) is -1.88. The quantitative estimate of drug-likeness (QED) is 0.157. The van der Waals surface area contributed by atoms with Crippen LogP contribution in [0, 0.1) is 0 Å². The lowest BCUT2D eigenvalue weighted by Crippen LogP contribution is -2.59. The third-order valence-corrected chi connectivity index (χ3v) is 5.70. The highest BCUT2D eigenvalue weighted by Gasteiger charge is 2.44. The maximum absolute atomic E-state index is 12.2. The molecule has 0 unspecified atom stereocenters. The van der Waals surface area contributed by atoms with Crippen LogP contribution in [0.3, 0.4) is 0 Å². The molecule has 17 heteroatoms. The molecule has 0 saturated carbocycles. The monoisotopic (exact) mass is 500 g/mol. The molecule has 0 bridgehead atoms. The number of nitrogens with one attached hydrogen (secondary N) is 1. The van der Waals surface area contributed by atoms with Gasteiger partial charge in [0.2, 0.25) is 0 Å². The van der Waals surface area contributed by atoms with Gasteiger partial charge in [0.25, 0.3) is 5.56 Å². The van der Waals surface area contributed by atoms with Crippen LogP contribution in [-0.2, 0) is 29.9 Å². The van der Waals surface area contributed by atoms with Gasteiger partial charge in [-0.2, -0.15) is 0 Å². The van der Waals surface area contributed by atoms with E-state index in [1.807, 2.05) is 4.98 Å². The van der Waals surface area contributed by atoms with Gasteiger partial charge in [0.1, 0.15) is 36.7 Å². The molecule has 3 heterocycles. The fraction of sp³-hybridized carbons (Fsp3) is 0.750. The molecule has 0 amide bonds. The largest absolute Gasteiger partial charge is 0.469 e. The molecule has 2 fully saturated rings. The van der Waals surface area contributed by atoms with E-state index in [9.17, 15) is 39.7 Å². The summed E-state index contributed by atoms with van der Waals surface area (Å²) in [5.74, 6) is 0. The highest BCUT2D eigenvalue weighted by Crippen LogP contribution is 2.38. The van der Waals surface area contributed by atoms with Gasteiger partial charge < -0.3 is 49.5 Å². The molecule has 1 aromatic rings. The lowest BCUT2D eigenvalue weighted by molar-refractivity contribution is -0.304. The summed E-state index contributed by atoms with van der Waals surface area (Å²) in [5, 5.41) is 48.9. The Bertz CT molecular complexity index is 975. The number of nitrogens with zero attached hydrogens (tertiary/aromatic N) is 1. The minimum Gasteiger partial charge on any atom is -0.394 e. The molecular formula is C16H25N2O14P. The first-order valence-corrected chi connectivity index (χ1v) is 11.2. The fourth-order valence-electron chi connectivity index (χ4n) is 3.43. The number of hydrogen-bond acceptors (Lipinski definition) is 12. The van der Waals surface area contributed by atoms with Gasteiger partial charge in [-0.3, -0.25) is 18.9 Å². The van der Waals surface area contributed by atoms with Crippen molar-refractivity contribution in [2.75, 3.05) is 13.2 Å². The van der Waals surface area contributed by atoms with E-state index in [-0.39, 0.29) is 12.0 Å². The maximum Gasteiger partial charge on any atom is 0.469 e. The number of aromatic amines is 1. The Hall–Kier alpha value is -1.53. The summed E-state index contributed by atoms with van der Waals surface area (Å²) in [7, 11) is -4.81. The molecule has 0 aromatic carbocycles. The average Bonchev–Trinajstić information content (AvgIpc) is 3.11. The number of ether oxygens (including phenoxy) is 3. The van der Waals surface area contributed by atoms with Gasteiger partial charge in [-0.25, -0.2) is 9.36 Å². The Balaban J connectivity index is 1.71. The summed E-state index contributed by atoms with van der Waals surface area (Å²) >= 11 is 0. The number of phosphoric ester groups is 1. The third kappa shape index (κ3) is 6.13. The lowest BCUT2D eigenvalue weighted by Gasteiger charge is -2.39. The van der Waals surface area contributed by atoms with E-state index in [1.165, 1.54) is 0 Å². The molecule has 1 aromatic heterocycles. The molecule has 2 saturated heterocycles. The van der Waals surface area contributed by atoms with Crippen molar-refractivity contribution in [1.29, 1.82) is 0 Å². The number of aliphatic hydroxyl groups excluding tert-OH is 5. The van der Waals surface area contributed by atoms with Crippen molar-refractivity contribution in [3.8, 4) is 0 Å². The second kappa shape index (κ2) is 10.4. The Kier molecular flexibility index (Phi) is 8.21. The van der Waals surface area contributed by atoms with Gasteiger partial charge in [-0.15, -0.1) is 0 Å². The number of H-pyrrole nitrogens is 1. The molecule has 0 radical (unpaired) electrons. The Morgan fingerprint density at radius 3 is 2.42 bits per heavy atom. The topological polar surface area (TPSA) is 250 Å². The normalized spacial score (nSPS) is 35.1. The van der Waals surface area contributed by atoms with Crippen LogP contribution < -0.4 is 11.2 Å². The predicted octanol–water partition coefficient (Wildman–Crippen LogP) is -4.39. The zero-order valence-corrected chi connectivity index (χ0v) is 17.8. The van der Waals surface area contributed by atoms with Crippen molar-refractivity contribution in [3.63, 3.8) is 0 Å². The number of phosphoric acid groups is 1. The van der Waals surface area contributed by atoms with Crippen LogP contribution >= 0.6 is 7.82 Å². The van der Waals surface area contributed by atoms with Gasteiger partial charge in [0, 0.05) is 12.6 Å². The molecule has 8 N–H and O–H groups in total. The molecule has 2 aliphatic heterocycles. The highest BCUT2D eigenvalue weighted by atomic mass is 31.2. The van der Waals surface area contributed by atoms with Gasteiger partial charge >= 0.3 is 13.5 Å². The lowest BCUT2D eigenvalue weighted by atomic mass is 9.99. The minimum atomic E-state index is -4.81. The van der Waals surface area contributed by atoms with Crippen LogP contribution in [-0.4, -0.2) is 101 Å². The second-order valence-corrected chi connectivity index (χ2v) is 8.79. The Morgan fingerprint density at radius 2 is 1.79 bits per heavy atom. The Morgan fingerprint density at radius 1 is 1.09 bits per heavy atom. The average molecular weight is 500 g/mol. The van der Waals surface area contributed by atoms with Crippen LogP contribution in [0.15, 0.2) is 15.8 Å². The van der Waals surface area contributed by atoms with Crippen molar-refractivity contribution >= 4 is 7.82 Å². The number of aliphatic hydroxyl groups is 5. The zero-order chi connectivity index (χ0) is 24.5. The molecule has 16 nitrogen and oxygen atoms in total. The number of hydrogen-bond donors (Lipinski definition) is 8. The van der Waals surface area contributed by atoms with Gasteiger partial charge in [0.15, 0.2) is 6.29 Å². The van der Waals surface area contributed by atoms with E-state index < -0.39 is 88.0 Å². The molecule has 0 aliphatic carbocycles. The van der Waals surface area contributed by atoms with Gasteiger partial charge in [-0.05, 0) is 0 Å². The van der Waals surface area contributed by atoms with Crippen molar-refractivity contribution < 1.29 is 58.6 Å². The molecule has 8 atom stereocenters. The van der Waals surface area contributed by atoms with E-state index in [2.05, 4.69) is 4.52 Å². The second-order valence-electron chi connectivity index (χ2n) is 7.55. The van der Waals surface area contributed by atoms with Crippen LogP contribution in [0.25, 0.3) is 0 Å². The van der Waals surface area contributed by atoms with Gasteiger partial charge in [0.05, 0.1) is 31.5 Å². The number of rotatable bonds is 8. The summed E-state index contributed by atoms with van der Waals surface area (Å²) in [6, 6.07) is 0. The number of aromatic nitrogens is 2. The molecule has 2 aliphatic rings. The molecule has 188 valence electrons. The predicted molar refractivity (Wildman–Crippen MR) is 102 cm³/mol. The molecule has 33 heavy (non-hydrogen) atoms. The van der Waals surface area contributed by atoms with Crippen LogP contribution in [0.4, 0.5) is 0 Å². The van der Waals surface area contributed by atoms with Crippen LogP contribution in [0.2, 0.25) is 0 Å². The summed E-state index contributed by atoms with van der Waals surface area (Å²) in [4.78, 5) is 44.0.